The van der Waals surface area contributed by atoms with Gasteiger partial charge in [-0.1, -0.05) is 0 Å². The van der Waals surface area contributed by atoms with E-state index in [9.17, 15) is 9.35 Å². The normalized spacial score (nSPS) is 11.4. The zero-order valence-electron chi connectivity index (χ0n) is 4.40. The summed E-state index contributed by atoms with van der Waals surface area (Å²) in [7, 11) is -1.41. The molecule has 1 rings (SSSR count). The van der Waals surface area contributed by atoms with Crippen molar-refractivity contribution in [3.8, 4) is 0 Å². The second-order valence-electron chi connectivity index (χ2n) is 1.46. The molecule has 9 heavy (non-hydrogen) atoms. The van der Waals surface area contributed by atoms with Gasteiger partial charge in [0.1, 0.15) is 5.38 Å². The van der Waals surface area contributed by atoms with Crippen molar-refractivity contribution in [2.75, 3.05) is 0 Å². The molecule has 0 aliphatic carbocycles. The van der Waals surface area contributed by atoms with E-state index in [0.29, 0.717) is 0 Å². The first-order valence-electron chi connectivity index (χ1n) is 2.24. The van der Waals surface area contributed by atoms with E-state index in [1.54, 1.807) is 0 Å². The Morgan fingerprint density at radius 2 is 2.44 bits per heavy atom. The third-order valence-electron chi connectivity index (χ3n) is 0.877. The lowest BCUT2D eigenvalue weighted by Crippen LogP contribution is -1.91. The van der Waals surface area contributed by atoms with E-state index in [4.69, 9.17) is 5.11 Å². The molecule has 1 heterocycles. The zero-order valence-corrected chi connectivity index (χ0v) is 5.22. The average molecular weight is 144 g/mol. The van der Waals surface area contributed by atoms with Crippen molar-refractivity contribution >= 4 is 16.7 Å². The lowest BCUT2D eigenvalue weighted by atomic mass is 10.5. The molecule has 0 aliphatic heterocycles. The number of hydrogen-bond donors (Lipinski definition) is 1. The van der Waals surface area contributed by atoms with Crippen LogP contribution in [0.4, 0.5) is 0 Å². The van der Waals surface area contributed by atoms with Crippen molar-refractivity contribution < 1.29 is 14.5 Å². The molecule has 3 nitrogen and oxygen atoms in total. The topological polar surface area (TPSA) is 60.4 Å². The van der Waals surface area contributed by atoms with Crippen molar-refractivity contribution in [3.05, 3.63) is 22.4 Å². The SMILES string of the molecule is O=C(O)c1ccc[s+]1[O-]. The molecular formula is C5H4O3S. The maximum Gasteiger partial charge on any atom is 0.389 e. The van der Waals surface area contributed by atoms with Gasteiger partial charge in [0, 0.05) is 6.07 Å². The van der Waals surface area contributed by atoms with Crippen molar-refractivity contribution in [2.45, 2.75) is 0 Å². The minimum atomic E-state index is -1.41. The van der Waals surface area contributed by atoms with Gasteiger partial charge in [0.05, 0.1) is 0 Å². The Morgan fingerprint density at radius 3 is 2.67 bits per heavy atom. The third kappa shape index (κ3) is 1.09. The second-order valence-corrected chi connectivity index (χ2v) is 2.77. The number of carbonyl (C=O) groups is 1. The van der Waals surface area contributed by atoms with Crippen LogP contribution in [0, 0.1) is 0 Å². The third-order valence-corrected chi connectivity index (χ3v) is 2.03. The van der Waals surface area contributed by atoms with E-state index in [2.05, 4.69) is 0 Å². The summed E-state index contributed by atoms with van der Waals surface area (Å²) in [4.78, 5) is 10.1. The molecule has 48 valence electrons. The lowest BCUT2D eigenvalue weighted by Gasteiger charge is -1.86. The Hall–Kier alpha value is -0.870. The molecule has 1 atom stereocenters. The summed E-state index contributed by atoms with van der Waals surface area (Å²) in [6.45, 7) is 0. The predicted octanol–water partition coefficient (Wildman–Crippen LogP) is 1.11. The minimum Gasteiger partial charge on any atom is -0.590 e. The molecule has 0 saturated carbocycles. The summed E-state index contributed by atoms with van der Waals surface area (Å²) in [5, 5.41) is 9.62. The molecule has 0 radical (unpaired) electrons. The summed E-state index contributed by atoms with van der Waals surface area (Å²) in [6, 6.07) is 2.80. The molecule has 1 aromatic rings. The Morgan fingerprint density at radius 1 is 1.78 bits per heavy atom. The lowest BCUT2D eigenvalue weighted by molar-refractivity contribution is 0.0701. The van der Waals surface area contributed by atoms with Gasteiger partial charge in [-0.15, -0.1) is 0 Å². The summed E-state index contributed by atoms with van der Waals surface area (Å²) < 4.78 is 10.6. The number of hydrogen-bond acceptors (Lipinski definition) is 2. The van der Waals surface area contributed by atoms with Crippen molar-refractivity contribution in [3.63, 3.8) is 0 Å². The molecule has 1 unspecified atom stereocenters. The molecule has 0 bridgehead atoms. The van der Waals surface area contributed by atoms with Crippen LogP contribution in [-0.4, -0.2) is 15.6 Å². The highest BCUT2D eigenvalue weighted by Gasteiger charge is 2.12. The molecule has 0 aromatic carbocycles. The van der Waals surface area contributed by atoms with Gasteiger partial charge in [-0.2, -0.15) is 0 Å². The van der Waals surface area contributed by atoms with Gasteiger partial charge in [0.25, 0.3) is 4.88 Å². The van der Waals surface area contributed by atoms with Gasteiger partial charge in [-0.3, -0.25) is 0 Å². The van der Waals surface area contributed by atoms with Crippen molar-refractivity contribution in [1.29, 1.82) is 0 Å². The Bertz CT molecular complexity index is 228. The molecule has 0 fully saturated rings. The Kier molecular flexibility index (Phi) is 1.50. The average Bonchev–Trinajstić information content (AvgIpc) is 2.13. The molecule has 0 saturated heterocycles. The predicted molar refractivity (Wildman–Crippen MR) is 32.1 cm³/mol. The first-order chi connectivity index (χ1) is 4.22. The van der Waals surface area contributed by atoms with Crippen LogP contribution in [0.2, 0.25) is 0 Å². The summed E-state index contributed by atoms with van der Waals surface area (Å²) in [6.07, 6.45) is 0. The van der Waals surface area contributed by atoms with Gasteiger partial charge < -0.3 is 9.66 Å². The highest BCUT2D eigenvalue weighted by Crippen LogP contribution is 2.18. The molecule has 0 spiro atoms. The van der Waals surface area contributed by atoms with E-state index in [1.807, 2.05) is 0 Å². The van der Waals surface area contributed by atoms with E-state index in [-0.39, 0.29) is 4.88 Å². The molecular weight excluding hydrogens is 140 g/mol. The van der Waals surface area contributed by atoms with Crippen LogP contribution in [0.3, 0.4) is 0 Å². The van der Waals surface area contributed by atoms with Gasteiger partial charge in [0.2, 0.25) is 0 Å². The first-order valence-corrected chi connectivity index (χ1v) is 3.45. The minimum absolute atomic E-state index is 0.0463. The number of thiophene rings is 1. The van der Waals surface area contributed by atoms with Crippen molar-refractivity contribution in [1.82, 2.24) is 0 Å². The second kappa shape index (κ2) is 2.16. The smallest absolute Gasteiger partial charge is 0.389 e. The fraction of sp³-hybridized carbons (Fsp3) is 0. The van der Waals surface area contributed by atoms with Crippen LogP contribution in [0.1, 0.15) is 9.67 Å². The molecule has 1 N–H and O–H groups in total. The highest BCUT2D eigenvalue weighted by atomic mass is 32.2. The summed E-state index contributed by atoms with van der Waals surface area (Å²) in [5.74, 6) is -1.11. The van der Waals surface area contributed by atoms with Gasteiger partial charge >= 0.3 is 5.97 Å². The van der Waals surface area contributed by atoms with Crippen LogP contribution in [0.25, 0.3) is 0 Å². The number of aromatic carboxylic acids is 1. The maximum atomic E-state index is 10.6. The first kappa shape index (κ1) is 6.25. The number of carboxylic acid groups (broad SMARTS) is 1. The van der Waals surface area contributed by atoms with Crippen LogP contribution >= 0.6 is 10.8 Å². The summed E-state index contributed by atoms with van der Waals surface area (Å²) in [5.41, 5.74) is 0. The van der Waals surface area contributed by atoms with Gasteiger partial charge in [0.15, 0.2) is 0 Å². The fourth-order valence-electron chi connectivity index (χ4n) is 0.496. The van der Waals surface area contributed by atoms with Crippen molar-refractivity contribution in [2.24, 2.45) is 0 Å². The zero-order chi connectivity index (χ0) is 6.85. The quantitative estimate of drug-likeness (QED) is 0.600. The van der Waals surface area contributed by atoms with Crippen LogP contribution in [-0.2, 0) is 0 Å². The largest absolute Gasteiger partial charge is 0.590 e. The Labute approximate surface area is 54.4 Å². The fourth-order valence-corrected chi connectivity index (χ4v) is 1.25. The van der Waals surface area contributed by atoms with Gasteiger partial charge in [-0.05, 0) is 16.8 Å². The van der Waals surface area contributed by atoms with E-state index in [0.717, 1.165) is 0 Å². The standard InChI is InChI=1S/C5H4O3S/c6-5(7)4-2-1-3-9(4)8/h1-3H,(H,6,7). The van der Waals surface area contributed by atoms with E-state index >= 15 is 0 Å². The van der Waals surface area contributed by atoms with Crippen LogP contribution in [0.15, 0.2) is 17.5 Å². The van der Waals surface area contributed by atoms with Crippen LogP contribution in [0.5, 0.6) is 0 Å². The summed E-state index contributed by atoms with van der Waals surface area (Å²) >= 11 is 0. The molecule has 0 amide bonds. The monoisotopic (exact) mass is 144 g/mol. The number of carboxylic acids is 1. The van der Waals surface area contributed by atoms with Gasteiger partial charge in [-0.25, -0.2) is 4.79 Å². The highest BCUT2D eigenvalue weighted by molar-refractivity contribution is 7.25. The maximum absolute atomic E-state index is 10.6. The Balaban J connectivity index is 3.08. The van der Waals surface area contributed by atoms with Crippen LogP contribution < -0.4 is 0 Å². The molecule has 1 aromatic heterocycles. The number of rotatable bonds is 1. The van der Waals surface area contributed by atoms with E-state index in [1.165, 1.54) is 17.5 Å². The van der Waals surface area contributed by atoms with E-state index < -0.39 is 16.7 Å². The molecule has 4 heteroatoms. The molecule has 0 aliphatic rings.